The van der Waals surface area contributed by atoms with Crippen molar-refractivity contribution in [2.24, 2.45) is 0 Å². The zero-order valence-corrected chi connectivity index (χ0v) is 28.6. The number of aromatic amines is 1. The number of halogens is 1. The standard InChI is InChI=1S/C42H30ClN5O5/c43-33-14-10-26(20-34(33)49)39-38(24-15-17-45-18-16-24)47-40(48-39)25-7-5-23(6-8-25)22-46-41(50)27-9-12-29(32(19-27)42(51)52)37-30-3-1-2-4-35(30)53-36-21-28(44)11-13-31(36)37/h1,3-21,49H,2,22,44H2,(H,46,50)(H,47,48)(H,51,52)/p-1. The number of nitrogens with one attached hydrogen (secondary N) is 2. The van der Waals surface area contributed by atoms with E-state index < -0.39 is 11.9 Å². The summed E-state index contributed by atoms with van der Waals surface area (Å²) < 4.78 is 6.11. The van der Waals surface area contributed by atoms with Crippen LogP contribution in [-0.4, -0.2) is 31.9 Å². The molecule has 1 aliphatic carbocycles. The number of H-pyrrole nitrogens is 1. The quantitative estimate of drug-likeness (QED) is 0.121. The topological polar surface area (TPSA) is 166 Å². The van der Waals surface area contributed by atoms with E-state index in [1.807, 2.05) is 54.6 Å². The first-order chi connectivity index (χ1) is 25.7. The molecular weight excluding hydrogens is 690 g/mol. The first-order valence-electron chi connectivity index (χ1n) is 16.6. The summed E-state index contributed by atoms with van der Waals surface area (Å²) in [5, 5.41) is 25.9. The van der Waals surface area contributed by atoms with Gasteiger partial charge in [0.25, 0.3) is 5.91 Å². The van der Waals surface area contributed by atoms with Gasteiger partial charge in [0.2, 0.25) is 0 Å². The van der Waals surface area contributed by atoms with Crippen LogP contribution in [0, 0.1) is 0 Å². The molecule has 0 atom stereocenters. The molecule has 1 aliphatic heterocycles. The number of carbonyl (C=O) groups excluding carboxylic acids is 2. The van der Waals surface area contributed by atoms with Gasteiger partial charge in [0, 0.05) is 75.2 Å². The summed E-state index contributed by atoms with van der Waals surface area (Å²) in [6.07, 6.45) is 9.86. The van der Waals surface area contributed by atoms with Crippen molar-refractivity contribution < 1.29 is 24.5 Å². The first kappa shape index (κ1) is 33.2. The number of allylic oxidation sites excluding steroid dienone is 3. The number of carbonyl (C=O) groups is 2. The van der Waals surface area contributed by atoms with E-state index in [0.717, 1.165) is 28.0 Å². The summed E-state index contributed by atoms with van der Waals surface area (Å²) in [6.45, 7) is 0.192. The van der Waals surface area contributed by atoms with Gasteiger partial charge >= 0.3 is 0 Å². The Bertz CT molecular complexity index is 2540. The lowest BCUT2D eigenvalue weighted by Gasteiger charge is -2.28. The van der Waals surface area contributed by atoms with Crippen molar-refractivity contribution in [2.45, 2.75) is 13.0 Å². The molecule has 0 bridgehead atoms. The number of nitrogen functional groups attached to an aromatic ring is 1. The number of phenolic OH excluding ortho intramolecular Hbond substituents is 1. The molecule has 11 heteroatoms. The monoisotopic (exact) mass is 718 g/mol. The van der Waals surface area contributed by atoms with Gasteiger partial charge in [-0.15, -0.1) is 0 Å². The molecule has 3 heterocycles. The molecule has 1 amide bonds. The molecular formula is C42H29ClN5O5-. The molecule has 0 spiro atoms. The second-order valence-corrected chi connectivity index (χ2v) is 12.9. The molecule has 0 unspecified atom stereocenters. The molecule has 260 valence electrons. The number of ether oxygens (including phenoxy) is 1. The molecule has 0 saturated heterocycles. The zero-order chi connectivity index (χ0) is 36.6. The molecule has 5 N–H and O–H groups in total. The highest BCUT2D eigenvalue weighted by atomic mass is 35.5. The number of anilines is 1. The van der Waals surface area contributed by atoms with E-state index in [9.17, 15) is 19.8 Å². The molecule has 53 heavy (non-hydrogen) atoms. The van der Waals surface area contributed by atoms with E-state index >= 15 is 0 Å². The van der Waals surface area contributed by atoms with Gasteiger partial charge in [-0.05, 0) is 72.2 Å². The summed E-state index contributed by atoms with van der Waals surface area (Å²) >= 11 is 6.06. The SMILES string of the molecule is Nc1ccc2c(c1)OC1=CCC=CC1=C2c1ccc(C(=O)NCc2ccc(-c3nc(-c4ccc(Cl)c(O)c4)c(-c4ccncc4)[nH]3)cc2)cc1C(=O)[O-]. The summed E-state index contributed by atoms with van der Waals surface area (Å²) in [6, 6.07) is 26.1. The van der Waals surface area contributed by atoms with Crippen LogP contribution in [0.4, 0.5) is 5.69 Å². The average molecular weight is 719 g/mol. The van der Waals surface area contributed by atoms with Crippen LogP contribution in [0.5, 0.6) is 11.5 Å². The second-order valence-electron chi connectivity index (χ2n) is 12.5. The number of nitrogens with zero attached hydrogens (tertiary/aromatic N) is 2. The summed E-state index contributed by atoms with van der Waals surface area (Å²) in [4.78, 5) is 38.3. The van der Waals surface area contributed by atoms with Gasteiger partial charge in [-0.3, -0.25) is 9.78 Å². The van der Waals surface area contributed by atoms with E-state index in [2.05, 4.69) is 15.3 Å². The van der Waals surface area contributed by atoms with Crippen LogP contribution in [-0.2, 0) is 6.54 Å². The van der Waals surface area contributed by atoms with Crippen LogP contribution in [0.2, 0.25) is 5.02 Å². The molecule has 0 fully saturated rings. The van der Waals surface area contributed by atoms with Crippen LogP contribution in [0.15, 0.2) is 133 Å². The van der Waals surface area contributed by atoms with Gasteiger partial charge < -0.3 is 35.8 Å². The van der Waals surface area contributed by atoms with Gasteiger partial charge in [0.15, 0.2) is 0 Å². The van der Waals surface area contributed by atoms with Crippen molar-refractivity contribution in [3.8, 4) is 45.4 Å². The van der Waals surface area contributed by atoms with E-state index in [1.165, 1.54) is 6.07 Å². The lowest BCUT2D eigenvalue weighted by atomic mass is 9.85. The number of aromatic hydroxyl groups is 1. The summed E-state index contributed by atoms with van der Waals surface area (Å²) in [7, 11) is 0. The molecule has 8 rings (SSSR count). The molecule has 4 aromatic carbocycles. The Balaban J connectivity index is 1.03. The van der Waals surface area contributed by atoms with Gasteiger partial charge in [-0.25, -0.2) is 4.98 Å². The number of pyridine rings is 1. The second kappa shape index (κ2) is 13.7. The molecule has 2 aliphatic rings. The smallest absolute Gasteiger partial charge is 0.251 e. The van der Waals surface area contributed by atoms with Crippen LogP contribution < -0.4 is 20.9 Å². The van der Waals surface area contributed by atoms with Crippen LogP contribution in [0.1, 0.15) is 43.8 Å². The Morgan fingerprint density at radius 3 is 2.47 bits per heavy atom. The number of hydrogen-bond donors (Lipinski definition) is 4. The maximum absolute atomic E-state index is 13.4. The number of rotatable bonds is 8. The van der Waals surface area contributed by atoms with Crippen molar-refractivity contribution in [3.63, 3.8) is 0 Å². The van der Waals surface area contributed by atoms with Gasteiger partial charge in [0.05, 0.1) is 22.4 Å². The third-order valence-electron chi connectivity index (χ3n) is 9.10. The summed E-state index contributed by atoms with van der Waals surface area (Å²) in [5.41, 5.74) is 13.6. The zero-order valence-electron chi connectivity index (χ0n) is 27.9. The number of carboxylic acids is 1. The number of imidazole rings is 1. The number of benzene rings is 4. The van der Waals surface area contributed by atoms with E-state index in [4.69, 9.17) is 27.1 Å². The highest BCUT2D eigenvalue weighted by Crippen LogP contribution is 2.45. The Kier molecular flexibility index (Phi) is 8.57. The Hall–Kier alpha value is -6.91. The highest BCUT2D eigenvalue weighted by molar-refractivity contribution is 6.32. The highest BCUT2D eigenvalue weighted by Gasteiger charge is 2.27. The van der Waals surface area contributed by atoms with Crippen molar-refractivity contribution in [2.75, 3.05) is 5.73 Å². The van der Waals surface area contributed by atoms with Crippen molar-refractivity contribution in [1.82, 2.24) is 20.3 Å². The lowest BCUT2D eigenvalue weighted by molar-refractivity contribution is -0.255. The van der Waals surface area contributed by atoms with Gasteiger partial charge in [0.1, 0.15) is 23.1 Å². The normalized spacial score (nSPS) is 13.1. The number of fused-ring (bicyclic) bond motifs is 2. The van der Waals surface area contributed by atoms with E-state index in [0.29, 0.717) is 57.4 Å². The number of amides is 1. The van der Waals surface area contributed by atoms with Crippen LogP contribution >= 0.6 is 11.6 Å². The third kappa shape index (κ3) is 6.43. The molecule has 0 saturated carbocycles. The fourth-order valence-corrected chi connectivity index (χ4v) is 6.60. The maximum Gasteiger partial charge on any atom is 0.251 e. The van der Waals surface area contributed by atoms with Crippen molar-refractivity contribution in [3.05, 3.63) is 166 Å². The fourth-order valence-electron chi connectivity index (χ4n) is 6.48. The minimum absolute atomic E-state index is 0.0468. The van der Waals surface area contributed by atoms with E-state index in [1.54, 1.807) is 60.9 Å². The number of aromatic carboxylic acids is 1. The summed E-state index contributed by atoms with van der Waals surface area (Å²) in [5.74, 6) is -0.164. The Morgan fingerprint density at radius 2 is 1.70 bits per heavy atom. The Morgan fingerprint density at radius 1 is 0.925 bits per heavy atom. The molecule has 6 aromatic rings. The number of hydrogen-bond acceptors (Lipinski definition) is 8. The van der Waals surface area contributed by atoms with Gasteiger partial charge in [-0.2, -0.15) is 0 Å². The number of nitrogens with two attached hydrogens (primary N) is 1. The van der Waals surface area contributed by atoms with Crippen molar-refractivity contribution in [1.29, 1.82) is 0 Å². The average Bonchev–Trinajstić information content (AvgIpc) is 3.63. The minimum Gasteiger partial charge on any atom is -0.545 e. The number of aromatic nitrogens is 3. The van der Waals surface area contributed by atoms with E-state index in [-0.39, 0.29) is 28.4 Å². The predicted molar refractivity (Wildman–Crippen MR) is 201 cm³/mol. The third-order valence-corrected chi connectivity index (χ3v) is 9.42. The maximum atomic E-state index is 13.4. The predicted octanol–water partition coefficient (Wildman–Crippen LogP) is 7.08. The van der Waals surface area contributed by atoms with Crippen LogP contribution in [0.25, 0.3) is 39.5 Å². The number of carboxylic acid groups (broad SMARTS) is 1. The minimum atomic E-state index is -1.41. The molecule has 0 radical (unpaired) electrons. The van der Waals surface area contributed by atoms with Crippen molar-refractivity contribution >= 4 is 34.7 Å². The van der Waals surface area contributed by atoms with Crippen LogP contribution in [0.3, 0.4) is 0 Å². The molecule has 2 aromatic heterocycles. The lowest BCUT2D eigenvalue weighted by Crippen LogP contribution is -2.27. The molecule has 10 nitrogen and oxygen atoms in total. The largest absolute Gasteiger partial charge is 0.545 e. The fraction of sp³-hybridized carbons (Fsp3) is 0.0476. The number of phenols is 1. The van der Waals surface area contributed by atoms with Gasteiger partial charge in [-0.1, -0.05) is 60.2 Å². The first-order valence-corrected chi connectivity index (χ1v) is 17.0. The Labute approximate surface area is 308 Å².